The lowest BCUT2D eigenvalue weighted by Gasteiger charge is -2.27. The third-order valence-electron chi connectivity index (χ3n) is 5.16. The largest absolute Gasteiger partial charge is 0.333 e. The van der Waals surface area contributed by atoms with Gasteiger partial charge >= 0.3 is 0 Å². The van der Waals surface area contributed by atoms with Gasteiger partial charge in [0.1, 0.15) is 0 Å². The van der Waals surface area contributed by atoms with Gasteiger partial charge in [-0.05, 0) is 37.5 Å². The van der Waals surface area contributed by atoms with E-state index in [1.54, 1.807) is 17.0 Å². The third-order valence-corrected chi connectivity index (χ3v) is 5.16. The van der Waals surface area contributed by atoms with Gasteiger partial charge in [-0.3, -0.25) is 9.59 Å². The van der Waals surface area contributed by atoms with E-state index in [-0.39, 0.29) is 17.5 Å². The zero-order chi connectivity index (χ0) is 19.7. The quantitative estimate of drug-likeness (QED) is 0.699. The fourth-order valence-electron chi connectivity index (χ4n) is 3.63. The van der Waals surface area contributed by atoms with Crippen LogP contribution in [0.25, 0.3) is 16.3 Å². The zero-order valence-electron chi connectivity index (χ0n) is 16.1. The summed E-state index contributed by atoms with van der Waals surface area (Å²) in [6.45, 7) is 4.97. The molecule has 0 saturated carbocycles. The van der Waals surface area contributed by atoms with Crippen molar-refractivity contribution in [1.82, 2.24) is 14.7 Å². The molecule has 0 fully saturated rings. The van der Waals surface area contributed by atoms with E-state index in [1.165, 1.54) is 15.8 Å². The summed E-state index contributed by atoms with van der Waals surface area (Å²) in [5, 5.41) is 5.60. The van der Waals surface area contributed by atoms with Crippen LogP contribution >= 0.6 is 0 Å². The Bertz CT molecular complexity index is 1110. The number of amides is 1. The van der Waals surface area contributed by atoms with E-state index in [0.29, 0.717) is 29.6 Å². The molecule has 5 heteroatoms. The van der Waals surface area contributed by atoms with Gasteiger partial charge in [0.15, 0.2) is 5.69 Å². The van der Waals surface area contributed by atoms with Gasteiger partial charge in [0.2, 0.25) is 0 Å². The molecule has 0 N–H and O–H groups in total. The second-order valence-electron chi connectivity index (χ2n) is 7.33. The maximum absolute atomic E-state index is 13.3. The molecule has 5 nitrogen and oxygen atoms in total. The Morgan fingerprint density at radius 3 is 2.32 bits per heavy atom. The summed E-state index contributed by atoms with van der Waals surface area (Å²) in [7, 11) is 0. The monoisotopic (exact) mass is 373 g/mol. The van der Waals surface area contributed by atoms with Crippen molar-refractivity contribution in [2.75, 3.05) is 13.1 Å². The van der Waals surface area contributed by atoms with Crippen LogP contribution in [0.4, 0.5) is 0 Å². The summed E-state index contributed by atoms with van der Waals surface area (Å²) in [5.74, 6) is -0.131. The predicted molar refractivity (Wildman–Crippen MR) is 111 cm³/mol. The van der Waals surface area contributed by atoms with Crippen LogP contribution in [0.3, 0.4) is 0 Å². The molecule has 142 valence electrons. The van der Waals surface area contributed by atoms with Crippen molar-refractivity contribution < 1.29 is 4.79 Å². The second-order valence-corrected chi connectivity index (χ2v) is 7.33. The van der Waals surface area contributed by atoms with Gasteiger partial charge in [0.25, 0.3) is 11.5 Å². The molecule has 1 aromatic heterocycles. The van der Waals surface area contributed by atoms with E-state index in [4.69, 9.17) is 0 Å². The Hall–Kier alpha value is -3.21. The lowest BCUT2D eigenvalue weighted by Crippen LogP contribution is -2.37. The van der Waals surface area contributed by atoms with Crippen LogP contribution in [-0.2, 0) is 0 Å². The van der Waals surface area contributed by atoms with Gasteiger partial charge in [0, 0.05) is 18.5 Å². The van der Waals surface area contributed by atoms with E-state index in [2.05, 4.69) is 23.3 Å². The van der Waals surface area contributed by atoms with Gasteiger partial charge in [-0.2, -0.15) is 5.10 Å². The summed E-state index contributed by atoms with van der Waals surface area (Å²) >= 11 is 0. The Morgan fingerprint density at radius 1 is 1.00 bits per heavy atom. The number of aromatic nitrogens is 2. The summed E-state index contributed by atoms with van der Waals surface area (Å²) in [4.78, 5) is 27.8. The first-order valence-electron chi connectivity index (χ1n) is 9.61. The first kappa shape index (κ1) is 18.2. The zero-order valence-corrected chi connectivity index (χ0v) is 16.1. The first-order chi connectivity index (χ1) is 13.6. The van der Waals surface area contributed by atoms with Crippen molar-refractivity contribution in [3.05, 3.63) is 82.3 Å². The van der Waals surface area contributed by atoms with Crippen molar-refractivity contribution in [3.8, 4) is 0 Å². The summed E-state index contributed by atoms with van der Waals surface area (Å²) in [5.41, 5.74) is 2.65. The van der Waals surface area contributed by atoms with E-state index >= 15 is 0 Å². The van der Waals surface area contributed by atoms with Crippen LogP contribution in [0.5, 0.6) is 0 Å². The Kier molecular flexibility index (Phi) is 4.82. The second kappa shape index (κ2) is 7.43. The number of rotatable bonds is 3. The summed E-state index contributed by atoms with van der Waals surface area (Å²) in [6.07, 6.45) is 2.91. The highest BCUT2D eigenvalue weighted by atomic mass is 16.2. The van der Waals surface area contributed by atoms with Gasteiger partial charge in [0.05, 0.1) is 11.4 Å². The molecule has 0 atom stereocenters. The normalized spacial score (nSPS) is 14.4. The molecule has 3 aromatic rings. The van der Waals surface area contributed by atoms with Crippen molar-refractivity contribution in [2.45, 2.75) is 26.3 Å². The van der Waals surface area contributed by atoms with Crippen molar-refractivity contribution in [3.63, 3.8) is 0 Å². The third kappa shape index (κ3) is 3.24. The lowest BCUT2D eigenvalue weighted by atomic mass is 9.99. The van der Waals surface area contributed by atoms with E-state index < -0.39 is 0 Å². The van der Waals surface area contributed by atoms with Gasteiger partial charge in [-0.1, -0.05) is 54.6 Å². The standard InChI is InChI=1S/C23H23N3O2/c1-16(2)26-22(27)20-11-7-6-10-19(20)21(24-26)23(28)25-14-12-18(13-15-25)17-8-4-3-5-9-17/h3-12,16H,13-15H2,1-2H3. The van der Waals surface area contributed by atoms with Gasteiger partial charge < -0.3 is 4.90 Å². The van der Waals surface area contributed by atoms with E-state index in [0.717, 1.165) is 6.42 Å². The Labute approximate surface area is 163 Å². The Morgan fingerprint density at radius 2 is 1.68 bits per heavy atom. The average molecular weight is 373 g/mol. The number of hydrogen-bond acceptors (Lipinski definition) is 3. The smallest absolute Gasteiger partial charge is 0.275 e. The first-order valence-corrected chi connectivity index (χ1v) is 9.61. The molecular formula is C23H23N3O2. The van der Waals surface area contributed by atoms with Crippen LogP contribution < -0.4 is 5.56 Å². The molecule has 2 aromatic carbocycles. The highest BCUT2D eigenvalue weighted by Gasteiger charge is 2.24. The van der Waals surface area contributed by atoms with Gasteiger partial charge in [-0.15, -0.1) is 0 Å². The minimum Gasteiger partial charge on any atom is -0.333 e. The van der Waals surface area contributed by atoms with Crippen LogP contribution in [0.1, 0.15) is 42.4 Å². The maximum Gasteiger partial charge on any atom is 0.275 e. The topological polar surface area (TPSA) is 55.2 Å². The molecule has 1 aliphatic rings. The van der Waals surface area contributed by atoms with Crippen LogP contribution in [0.15, 0.2) is 65.5 Å². The molecule has 0 aliphatic carbocycles. The van der Waals surface area contributed by atoms with Crippen LogP contribution in [-0.4, -0.2) is 33.7 Å². The van der Waals surface area contributed by atoms with Gasteiger partial charge in [-0.25, -0.2) is 4.68 Å². The number of fused-ring (bicyclic) bond motifs is 1. The minimum atomic E-state index is -0.160. The summed E-state index contributed by atoms with van der Waals surface area (Å²) in [6, 6.07) is 17.3. The highest BCUT2D eigenvalue weighted by molar-refractivity contribution is 6.05. The molecule has 4 rings (SSSR count). The molecule has 1 aliphatic heterocycles. The number of carbonyl (C=O) groups is 1. The maximum atomic E-state index is 13.3. The summed E-state index contributed by atoms with van der Waals surface area (Å²) < 4.78 is 1.41. The fraction of sp³-hybridized carbons (Fsp3) is 0.261. The molecule has 1 amide bonds. The van der Waals surface area contributed by atoms with E-state index in [9.17, 15) is 9.59 Å². The molecule has 28 heavy (non-hydrogen) atoms. The van der Waals surface area contributed by atoms with Crippen LogP contribution in [0, 0.1) is 0 Å². The van der Waals surface area contributed by atoms with Crippen LogP contribution in [0.2, 0.25) is 0 Å². The minimum absolute atomic E-state index is 0.116. The van der Waals surface area contributed by atoms with Crippen molar-refractivity contribution >= 4 is 22.3 Å². The average Bonchev–Trinajstić information content (AvgIpc) is 2.74. The van der Waals surface area contributed by atoms with Crippen molar-refractivity contribution in [1.29, 1.82) is 0 Å². The molecule has 0 radical (unpaired) electrons. The molecule has 0 saturated heterocycles. The number of hydrogen-bond donors (Lipinski definition) is 0. The number of carbonyl (C=O) groups excluding carboxylic acids is 1. The predicted octanol–water partition coefficient (Wildman–Crippen LogP) is 3.91. The molecule has 2 heterocycles. The fourth-order valence-corrected chi connectivity index (χ4v) is 3.63. The molecule has 0 unspecified atom stereocenters. The van der Waals surface area contributed by atoms with Crippen molar-refractivity contribution in [2.24, 2.45) is 0 Å². The van der Waals surface area contributed by atoms with E-state index in [1.807, 2.05) is 44.2 Å². The molecular weight excluding hydrogens is 350 g/mol. The lowest BCUT2D eigenvalue weighted by molar-refractivity contribution is 0.0766. The molecule has 0 spiro atoms. The highest BCUT2D eigenvalue weighted by Crippen LogP contribution is 2.24. The molecule has 0 bridgehead atoms. The number of benzene rings is 2. The Balaban J connectivity index is 1.69. The SMILES string of the molecule is CC(C)n1nc(C(=O)N2CC=C(c3ccccc3)CC2)c2ccccc2c1=O. The number of nitrogens with zero attached hydrogens (tertiary/aromatic N) is 3.